The van der Waals surface area contributed by atoms with Crippen molar-refractivity contribution in [1.29, 1.82) is 0 Å². The van der Waals surface area contributed by atoms with E-state index in [4.69, 9.17) is 9.47 Å². The van der Waals surface area contributed by atoms with Crippen molar-refractivity contribution in [1.82, 2.24) is 0 Å². The number of benzene rings is 1. The topological polar surface area (TPSA) is 65.0 Å². The van der Waals surface area contributed by atoms with Crippen LogP contribution in [0.5, 0.6) is 11.5 Å². The van der Waals surface area contributed by atoms with Crippen molar-refractivity contribution in [2.75, 3.05) is 32.3 Å². The van der Waals surface area contributed by atoms with Gasteiger partial charge in [-0.25, -0.2) is 0 Å². The first-order chi connectivity index (χ1) is 10.6. The fourth-order valence-corrected chi connectivity index (χ4v) is 2.44. The summed E-state index contributed by atoms with van der Waals surface area (Å²) in [7, 11) is 2.91. The van der Waals surface area contributed by atoms with E-state index in [0.717, 1.165) is 5.56 Å². The standard InChI is InChI=1S/C16H22O5S/c1-4-5-12-6-7-14(15(8-12)19-2)21-9-13(17)10-22-11-16(18)20-3/h4-8,13,17H,9-11H2,1-3H3. The van der Waals surface area contributed by atoms with Crippen molar-refractivity contribution >= 4 is 23.8 Å². The second kappa shape index (κ2) is 10.1. The summed E-state index contributed by atoms with van der Waals surface area (Å²) in [5.41, 5.74) is 1.01. The van der Waals surface area contributed by atoms with Gasteiger partial charge >= 0.3 is 5.97 Å². The van der Waals surface area contributed by atoms with Gasteiger partial charge in [-0.1, -0.05) is 18.2 Å². The molecule has 5 nitrogen and oxygen atoms in total. The lowest BCUT2D eigenvalue weighted by molar-refractivity contribution is -0.137. The van der Waals surface area contributed by atoms with Crippen LogP contribution >= 0.6 is 11.8 Å². The number of hydrogen-bond acceptors (Lipinski definition) is 6. The highest BCUT2D eigenvalue weighted by atomic mass is 32.2. The van der Waals surface area contributed by atoms with Crippen LogP contribution in [0.25, 0.3) is 6.08 Å². The van der Waals surface area contributed by atoms with Crippen molar-refractivity contribution in [3.05, 3.63) is 29.8 Å². The minimum absolute atomic E-state index is 0.132. The highest BCUT2D eigenvalue weighted by Gasteiger charge is 2.10. The minimum atomic E-state index is -0.672. The SMILES string of the molecule is CC=Cc1ccc(OCC(O)CSCC(=O)OC)c(OC)c1. The normalized spacial score (nSPS) is 12.2. The van der Waals surface area contributed by atoms with Gasteiger partial charge in [0.25, 0.3) is 0 Å². The molecule has 0 amide bonds. The molecule has 1 atom stereocenters. The van der Waals surface area contributed by atoms with Crippen LogP contribution in [0.2, 0.25) is 0 Å². The summed E-state index contributed by atoms with van der Waals surface area (Å²) in [4.78, 5) is 11.0. The summed E-state index contributed by atoms with van der Waals surface area (Å²) in [6.07, 6.45) is 3.23. The molecule has 6 heteroatoms. The molecule has 0 saturated carbocycles. The van der Waals surface area contributed by atoms with E-state index in [0.29, 0.717) is 17.3 Å². The van der Waals surface area contributed by atoms with Gasteiger partial charge in [0.1, 0.15) is 6.61 Å². The van der Waals surface area contributed by atoms with Gasteiger partial charge in [-0.3, -0.25) is 4.79 Å². The Morgan fingerprint density at radius 3 is 2.77 bits per heavy atom. The van der Waals surface area contributed by atoms with Gasteiger partial charge in [-0.2, -0.15) is 0 Å². The quantitative estimate of drug-likeness (QED) is 0.703. The van der Waals surface area contributed by atoms with Gasteiger partial charge in [0.2, 0.25) is 0 Å². The maximum atomic E-state index is 11.0. The zero-order valence-electron chi connectivity index (χ0n) is 13.1. The number of hydrogen-bond donors (Lipinski definition) is 1. The van der Waals surface area contributed by atoms with Gasteiger partial charge in [-0.05, 0) is 24.6 Å². The molecule has 0 fully saturated rings. The molecule has 0 radical (unpaired) electrons. The van der Waals surface area contributed by atoms with Crippen molar-refractivity contribution in [2.45, 2.75) is 13.0 Å². The number of aliphatic hydroxyl groups excluding tert-OH is 1. The van der Waals surface area contributed by atoms with E-state index >= 15 is 0 Å². The summed E-state index contributed by atoms with van der Waals surface area (Å²) >= 11 is 1.30. The smallest absolute Gasteiger partial charge is 0.315 e. The number of rotatable bonds is 9. The maximum Gasteiger partial charge on any atom is 0.315 e. The Hall–Kier alpha value is -1.66. The van der Waals surface area contributed by atoms with Gasteiger partial charge in [0, 0.05) is 5.75 Å². The largest absolute Gasteiger partial charge is 0.493 e. The highest BCUT2D eigenvalue weighted by molar-refractivity contribution is 7.99. The zero-order chi connectivity index (χ0) is 16.4. The number of aliphatic hydroxyl groups is 1. The number of methoxy groups -OCH3 is 2. The highest BCUT2D eigenvalue weighted by Crippen LogP contribution is 2.28. The molecule has 0 aromatic heterocycles. The summed E-state index contributed by atoms with van der Waals surface area (Å²) in [5.74, 6) is 1.50. The Morgan fingerprint density at radius 1 is 1.36 bits per heavy atom. The molecule has 0 spiro atoms. The molecular weight excluding hydrogens is 304 g/mol. The lowest BCUT2D eigenvalue weighted by Gasteiger charge is -2.14. The predicted molar refractivity (Wildman–Crippen MR) is 88.5 cm³/mol. The average molecular weight is 326 g/mol. The van der Waals surface area contributed by atoms with Gasteiger partial charge in [-0.15, -0.1) is 11.8 Å². The van der Waals surface area contributed by atoms with E-state index in [-0.39, 0.29) is 18.3 Å². The second-order valence-electron chi connectivity index (χ2n) is 4.47. The van der Waals surface area contributed by atoms with E-state index in [9.17, 15) is 9.90 Å². The summed E-state index contributed by atoms with van der Waals surface area (Å²) < 4.78 is 15.4. The van der Waals surface area contributed by atoms with Crippen LogP contribution in [-0.2, 0) is 9.53 Å². The molecule has 1 N–H and O–H groups in total. The third-order valence-corrected chi connectivity index (χ3v) is 3.80. The number of carbonyl (C=O) groups is 1. The van der Waals surface area contributed by atoms with Crippen molar-refractivity contribution in [3.63, 3.8) is 0 Å². The zero-order valence-corrected chi connectivity index (χ0v) is 13.9. The molecule has 0 heterocycles. The molecule has 22 heavy (non-hydrogen) atoms. The molecule has 1 rings (SSSR count). The Kier molecular flexibility index (Phi) is 8.47. The van der Waals surface area contributed by atoms with Crippen LogP contribution in [-0.4, -0.2) is 49.5 Å². The van der Waals surface area contributed by atoms with Crippen LogP contribution in [0.15, 0.2) is 24.3 Å². The fourth-order valence-electron chi connectivity index (χ4n) is 1.67. The Bertz CT molecular complexity index is 501. The van der Waals surface area contributed by atoms with Crippen LogP contribution in [0.4, 0.5) is 0 Å². The number of ether oxygens (including phenoxy) is 3. The average Bonchev–Trinajstić information content (AvgIpc) is 2.53. The second-order valence-corrected chi connectivity index (χ2v) is 5.50. The van der Waals surface area contributed by atoms with Crippen molar-refractivity contribution in [2.24, 2.45) is 0 Å². The molecule has 0 aliphatic heterocycles. The number of thioether (sulfide) groups is 1. The van der Waals surface area contributed by atoms with E-state index in [1.165, 1.54) is 18.9 Å². The maximum absolute atomic E-state index is 11.0. The van der Waals surface area contributed by atoms with E-state index < -0.39 is 6.10 Å². The Labute approximate surface area is 135 Å². The predicted octanol–water partition coefficient (Wildman–Crippen LogP) is 2.37. The van der Waals surface area contributed by atoms with Gasteiger partial charge < -0.3 is 19.3 Å². The lowest BCUT2D eigenvalue weighted by atomic mass is 10.2. The molecule has 0 saturated heterocycles. The van der Waals surface area contributed by atoms with Crippen LogP contribution < -0.4 is 9.47 Å². The fraction of sp³-hybridized carbons (Fsp3) is 0.438. The van der Waals surface area contributed by atoms with E-state index in [1.54, 1.807) is 7.11 Å². The molecule has 122 valence electrons. The molecule has 0 aliphatic rings. The third kappa shape index (κ3) is 6.41. The van der Waals surface area contributed by atoms with E-state index in [2.05, 4.69) is 4.74 Å². The molecule has 1 aromatic rings. The molecule has 1 unspecified atom stereocenters. The van der Waals surface area contributed by atoms with Crippen molar-refractivity contribution < 1.29 is 24.1 Å². The van der Waals surface area contributed by atoms with Crippen LogP contribution in [0, 0.1) is 0 Å². The van der Waals surface area contributed by atoms with Gasteiger partial charge in [0.15, 0.2) is 11.5 Å². The first kappa shape index (κ1) is 18.4. The summed E-state index contributed by atoms with van der Waals surface area (Å²) in [6.45, 7) is 2.08. The monoisotopic (exact) mass is 326 g/mol. The number of esters is 1. The lowest BCUT2D eigenvalue weighted by Crippen LogP contribution is -2.21. The molecule has 1 aromatic carbocycles. The third-order valence-electron chi connectivity index (χ3n) is 2.74. The number of allylic oxidation sites excluding steroid dienone is 1. The molecule has 0 bridgehead atoms. The Morgan fingerprint density at radius 2 is 2.14 bits per heavy atom. The first-order valence-corrected chi connectivity index (χ1v) is 8.02. The first-order valence-electron chi connectivity index (χ1n) is 6.86. The van der Waals surface area contributed by atoms with E-state index in [1.807, 2.05) is 37.3 Å². The molecular formula is C16H22O5S. The minimum Gasteiger partial charge on any atom is -0.493 e. The van der Waals surface area contributed by atoms with Crippen LogP contribution in [0.3, 0.4) is 0 Å². The van der Waals surface area contributed by atoms with Crippen LogP contribution in [0.1, 0.15) is 12.5 Å². The number of carbonyl (C=O) groups excluding carboxylic acids is 1. The van der Waals surface area contributed by atoms with Crippen molar-refractivity contribution in [3.8, 4) is 11.5 Å². The summed E-state index contributed by atoms with van der Waals surface area (Å²) in [5, 5.41) is 9.85. The van der Waals surface area contributed by atoms with Gasteiger partial charge in [0.05, 0.1) is 26.1 Å². The summed E-state index contributed by atoms with van der Waals surface area (Å²) in [6, 6.07) is 5.59. The Balaban J connectivity index is 2.48. The molecule has 0 aliphatic carbocycles.